The molecule has 0 spiro atoms. The number of ether oxygens (including phenoxy) is 2. The number of aliphatic hydroxyl groups excluding tert-OH is 1. The van der Waals surface area contributed by atoms with Crippen molar-refractivity contribution in [3.05, 3.63) is 0 Å². The monoisotopic (exact) mass is 261 g/mol. The summed E-state index contributed by atoms with van der Waals surface area (Å²) in [6.45, 7) is 5.43. The molecule has 0 aliphatic carbocycles. The maximum absolute atomic E-state index is 9.59. The molecule has 2 N–H and O–H groups in total. The van der Waals surface area contributed by atoms with Gasteiger partial charge in [-0.25, -0.2) is 0 Å². The first-order valence-corrected chi connectivity index (χ1v) is 7.26. The van der Waals surface area contributed by atoms with Crippen LogP contribution >= 0.6 is 0 Å². The first-order valence-electron chi connectivity index (χ1n) is 7.26. The van der Waals surface area contributed by atoms with Crippen LogP contribution < -0.4 is 5.32 Å². The molecule has 0 radical (unpaired) electrons. The molecule has 0 saturated carbocycles. The van der Waals surface area contributed by atoms with Gasteiger partial charge in [-0.15, -0.1) is 0 Å². The van der Waals surface area contributed by atoms with E-state index in [1.807, 2.05) is 0 Å². The van der Waals surface area contributed by atoms with E-state index in [9.17, 15) is 5.11 Å². The van der Waals surface area contributed by atoms with Gasteiger partial charge in [-0.05, 0) is 6.42 Å². The Kier molecular flexibility index (Phi) is 14.8. The average molecular weight is 261 g/mol. The third-order valence-corrected chi connectivity index (χ3v) is 2.82. The Bertz CT molecular complexity index is 156. The van der Waals surface area contributed by atoms with Gasteiger partial charge in [0.05, 0.1) is 19.3 Å². The van der Waals surface area contributed by atoms with Crippen molar-refractivity contribution in [1.82, 2.24) is 5.32 Å². The third-order valence-electron chi connectivity index (χ3n) is 2.82. The molecule has 0 rings (SSSR count). The number of hydrogen-bond donors (Lipinski definition) is 2. The van der Waals surface area contributed by atoms with E-state index < -0.39 is 6.10 Å². The summed E-state index contributed by atoms with van der Waals surface area (Å²) in [5.74, 6) is 0. The molecule has 18 heavy (non-hydrogen) atoms. The zero-order valence-electron chi connectivity index (χ0n) is 12.1. The number of aliphatic hydroxyl groups is 1. The summed E-state index contributed by atoms with van der Waals surface area (Å²) < 4.78 is 10.3. The van der Waals surface area contributed by atoms with E-state index in [4.69, 9.17) is 9.47 Å². The second-order valence-corrected chi connectivity index (χ2v) is 4.69. The lowest BCUT2D eigenvalue weighted by molar-refractivity contribution is 0.0347. The van der Waals surface area contributed by atoms with Gasteiger partial charge in [0, 0.05) is 26.8 Å². The van der Waals surface area contributed by atoms with Crippen LogP contribution in [0, 0.1) is 0 Å². The van der Waals surface area contributed by atoms with Crippen molar-refractivity contribution in [2.24, 2.45) is 0 Å². The largest absolute Gasteiger partial charge is 0.389 e. The molecular weight excluding hydrogens is 230 g/mol. The average Bonchev–Trinajstić information content (AvgIpc) is 2.38. The highest BCUT2D eigenvalue weighted by Crippen LogP contribution is 2.04. The minimum atomic E-state index is -0.415. The number of nitrogens with one attached hydrogen (secondary N) is 1. The van der Waals surface area contributed by atoms with E-state index in [2.05, 4.69) is 12.2 Å². The van der Waals surface area contributed by atoms with E-state index in [1.165, 1.54) is 32.1 Å². The zero-order chi connectivity index (χ0) is 13.5. The number of hydrogen-bond acceptors (Lipinski definition) is 4. The summed E-state index contributed by atoms with van der Waals surface area (Å²) >= 11 is 0. The molecule has 1 unspecified atom stereocenters. The molecule has 0 aromatic carbocycles. The standard InChI is InChI=1S/C14H31NO3/c1-3-4-5-6-7-8-10-18-13-14(16)12-15-9-11-17-2/h14-16H,3-13H2,1-2H3. The highest BCUT2D eigenvalue weighted by molar-refractivity contribution is 4.58. The van der Waals surface area contributed by atoms with Crippen molar-refractivity contribution < 1.29 is 14.6 Å². The van der Waals surface area contributed by atoms with Crippen molar-refractivity contribution in [3.8, 4) is 0 Å². The van der Waals surface area contributed by atoms with Crippen LogP contribution in [0.4, 0.5) is 0 Å². The van der Waals surface area contributed by atoms with Crippen molar-refractivity contribution in [3.63, 3.8) is 0 Å². The van der Waals surface area contributed by atoms with E-state index in [0.29, 0.717) is 19.8 Å². The molecule has 0 heterocycles. The Balaban J connectivity index is 3.08. The van der Waals surface area contributed by atoms with Crippen LogP contribution in [0.15, 0.2) is 0 Å². The lowest BCUT2D eigenvalue weighted by Crippen LogP contribution is -2.32. The SMILES string of the molecule is CCCCCCCCOCC(O)CNCCOC. The number of methoxy groups -OCH3 is 1. The molecule has 4 heteroatoms. The van der Waals surface area contributed by atoms with Crippen LogP contribution in [0.1, 0.15) is 45.4 Å². The molecule has 110 valence electrons. The Morgan fingerprint density at radius 3 is 2.50 bits per heavy atom. The van der Waals surface area contributed by atoms with Crippen LogP contribution in [0.5, 0.6) is 0 Å². The minimum Gasteiger partial charge on any atom is -0.389 e. The van der Waals surface area contributed by atoms with Crippen LogP contribution in [-0.4, -0.2) is 51.2 Å². The summed E-state index contributed by atoms with van der Waals surface area (Å²) in [5, 5.41) is 12.7. The maximum Gasteiger partial charge on any atom is 0.0897 e. The minimum absolute atomic E-state index is 0.415. The van der Waals surface area contributed by atoms with Gasteiger partial charge in [-0.3, -0.25) is 0 Å². The van der Waals surface area contributed by atoms with E-state index >= 15 is 0 Å². The Morgan fingerprint density at radius 2 is 1.78 bits per heavy atom. The van der Waals surface area contributed by atoms with Crippen molar-refractivity contribution in [2.75, 3.05) is 40.0 Å². The molecule has 0 aromatic heterocycles. The summed E-state index contributed by atoms with van der Waals surface area (Å²) in [6.07, 6.45) is 7.20. The fourth-order valence-electron chi connectivity index (χ4n) is 1.71. The van der Waals surface area contributed by atoms with Gasteiger partial charge in [0.25, 0.3) is 0 Å². The van der Waals surface area contributed by atoms with Gasteiger partial charge in [0.2, 0.25) is 0 Å². The lowest BCUT2D eigenvalue weighted by Gasteiger charge is -2.12. The molecule has 0 aliphatic rings. The molecule has 0 aliphatic heterocycles. The molecule has 0 fully saturated rings. The highest BCUT2D eigenvalue weighted by atomic mass is 16.5. The molecule has 0 saturated heterocycles. The first-order chi connectivity index (χ1) is 8.81. The van der Waals surface area contributed by atoms with Gasteiger partial charge in [-0.2, -0.15) is 0 Å². The Labute approximate surface area is 112 Å². The quantitative estimate of drug-likeness (QED) is 0.469. The van der Waals surface area contributed by atoms with E-state index in [1.54, 1.807) is 7.11 Å². The van der Waals surface area contributed by atoms with Crippen LogP contribution in [0.25, 0.3) is 0 Å². The molecule has 4 nitrogen and oxygen atoms in total. The predicted molar refractivity (Wildman–Crippen MR) is 74.9 cm³/mol. The molecular formula is C14H31NO3. The summed E-state index contributed by atoms with van der Waals surface area (Å²) in [4.78, 5) is 0. The fraction of sp³-hybridized carbons (Fsp3) is 1.00. The summed E-state index contributed by atoms with van der Waals surface area (Å²) in [7, 11) is 1.67. The lowest BCUT2D eigenvalue weighted by atomic mass is 10.1. The van der Waals surface area contributed by atoms with Crippen molar-refractivity contribution in [2.45, 2.75) is 51.6 Å². The van der Waals surface area contributed by atoms with Crippen LogP contribution in [0.2, 0.25) is 0 Å². The van der Waals surface area contributed by atoms with Gasteiger partial charge < -0.3 is 19.9 Å². The van der Waals surface area contributed by atoms with Crippen molar-refractivity contribution >= 4 is 0 Å². The number of unbranched alkanes of at least 4 members (excludes halogenated alkanes) is 5. The van der Waals surface area contributed by atoms with Crippen LogP contribution in [-0.2, 0) is 9.47 Å². The van der Waals surface area contributed by atoms with E-state index in [0.717, 1.165) is 19.6 Å². The summed E-state index contributed by atoms with van der Waals surface area (Å²) in [6, 6.07) is 0. The Morgan fingerprint density at radius 1 is 1.06 bits per heavy atom. The van der Waals surface area contributed by atoms with Gasteiger partial charge in [-0.1, -0.05) is 39.0 Å². The second-order valence-electron chi connectivity index (χ2n) is 4.69. The maximum atomic E-state index is 9.59. The summed E-state index contributed by atoms with van der Waals surface area (Å²) in [5.41, 5.74) is 0. The fourth-order valence-corrected chi connectivity index (χ4v) is 1.71. The van der Waals surface area contributed by atoms with E-state index in [-0.39, 0.29) is 0 Å². The zero-order valence-corrected chi connectivity index (χ0v) is 12.1. The van der Waals surface area contributed by atoms with Gasteiger partial charge in [0.15, 0.2) is 0 Å². The number of rotatable bonds is 14. The second kappa shape index (κ2) is 14.9. The van der Waals surface area contributed by atoms with Crippen molar-refractivity contribution in [1.29, 1.82) is 0 Å². The topological polar surface area (TPSA) is 50.7 Å². The normalized spacial score (nSPS) is 12.8. The highest BCUT2D eigenvalue weighted by Gasteiger charge is 2.02. The molecule has 0 aromatic rings. The van der Waals surface area contributed by atoms with Gasteiger partial charge >= 0.3 is 0 Å². The molecule has 0 bridgehead atoms. The molecule has 0 amide bonds. The van der Waals surface area contributed by atoms with Gasteiger partial charge in [0.1, 0.15) is 0 Å². The van der Waals surface area contributed by atoms with Crippen LogP contribution in [0.3, 0.4) is 0 Å². The smallest absolute Gasteiger partial charge is 0.0897 e. The first kappa shape index (κ1) is 17.8. The third kappa shape index (κ3) is 13.9. The predicted octanol–water partition coefficient (Wildman–Crippen LogP) is 1.96. The Hall–Kier alpha value is -0.160. The molecule has 1 atom stereocenters.